The van der Waals surface area contributed by atoms with Crippen LogP contribution in [0.25, 0.3) is 0 Å². The van der Waals surface area contributed by atoms with Gasteiger partial charge in [-0.1, -0.05) is 43.7 Å². The summed E-state index contributed by atoms with van der Waals surface area (Å²) in [6, 6.07) is 9.77. The highest BCUT2D eigenvalue weighted by molar-refractivity contribution is 5.90. The summed E-state index contributed by atoms with van der Waals surface area (Å²) in [6.45, 7) is -1.37. The third kappa shape index (κ3) is 5.54. The Bertz CT molecular complexity index is 766. The molecule has 0 aromatic heterocycles. The van der Waals surface area contributed by atoms with Gasteiger partial charge in [0, 0.05) is 6.07 Å². The molecule has 2 aromatic rings. The molecule has 0 radical (unpaired) electrons. The number of ether oxygens (including phenoxy) is 3. The summed E-state index contributed by atoms with van der Waals surface area (Å²) in [5.41, 5.74) is -0.105. The van der Waals surface area contributed by atoms with Crippen LogP contribution >= 0.6 is 0 Å². The van der Waals surface area contributed by atoms with Crippen LogP contribution in [0, 0.1) is 5.82 Å². The highest BCUT2D eigenvalue weighted by Gasteiger charge is 2.27. The van der Waals surface area contributed by atoms with E-state index in [1.165, 1.54) is 0 Å². The number of carboxylic acid groups (broad SMARTS) is 1. The quantitative estimate of drug-likeness (QED) is 0.591. The highest BCUT2D eigenvalue weighted by Crippen LogP contribution is 2.43. The summed E-state index contributed by atoms with van der Waals surface area (Å²) in [5, 5.41) is 9.16. The monoisotopic (exact) mass is 384 g/mol. The first kappa shape index (κ1) is 20.4. The summed E-state index contributed by atoms with van der Waals surface area (Å²) < 4.78 is 55.1. The maximum atomic E-state index is 14.4. The van der Waals surface area contributed by atoms with Gasteiger partial charge in [0.1, 0.15) is 12.2 Å². The smallest absolute Gasteiger partial charge is 0.387 e. The fraction of sp³-hybridized carbons (Fsp3) is 0.316. The van der Waals surface area contributed by atoms with Crippen molar-refractivity contribution in [2.45, 2.75) is 33.0 Å². The molecule has 0 heterocycles. The largest absolute Gasteiger partial charge is 0.486 e. The van der Waals surface area contributed by atoms with E-state index in [9.17, 15) is 18.0 Å². The minimum absolute atomic E-state index is 0.00376. The molecule has 0 saturated carbocycles. The molecule has 1 N–H and O–H groups in total. The molecule has 8 heteroatoms. The number of hydrogen-bond acceptors (Lipinski definition) is 4. The number of benzene rings is 2. The van der Waals surface area contributed by atoms with Gasteiger partial charge in [-0.25, -0.2) is 9.18 Å². The van der Waals surface area contributed by atoms with E-state index in [4.69, 9.17) is 14.6 Å². The maximum Gasteiger partial charge on any atom is 0.387 e. The van der Waals surface area contributed by atoms with Crippen LogP contribution in [0.2, 0.25) is 0 Å². The number of halogens is 3. The van der Waals surface area contributed by atoms with Gasteiger partial charge in [0.05, 0.1) is 6.61 Å². The number of aromatic carboxylic acids is 1. The van der Waals surface area contributed by atoms with Crippen molar-refractivity contribution in [1.29, 1.82) is 0 Å². The predicted molar refractivity (Wildman–Crippen MR) is 91.2 cm³/mol. The van der Waals surface area contributed by atoms with Crippen molar-refractivity contribution < 1.29 is 37.3 Å². The van der Waals surface area contributed by atoms with Crippen molar-refractivity contribution in [3.05, 3.63) is 53.3 Å². The lowest BCUT2D eigenvalue weighted by Crippen LogP contribution is -2.12. The molecule has 27 heavy (non-hydrogen) atoms. The minimum Gasteiger partial charge on any atom is -0.486 e. The molecule has 0 fully saturated rings. The van der Waals surface area contributed by atoms with Gasteiger partial charge >= 0.3 is 12.6 Å². The van der Waals surface area contributed by atoms with Crippen LogP contribution in [0.3, 0.4) is 0 Å². The van der Waals surface area contributed by atoms with Crippen molar-refractivity contribution in [3.8, 4) is 17.2 Å². The lowest BCUT2D eigenvalue weighted by atomic mass is 10.1. The van der Waals surface area contributed by atoms with Crippen LogP contribution in [0.15, 0.2) is 36.4 Å². The molecule has 0 aliphatic carbocycles. The second-order valence-electron chi connectivity index (χ2n) is 5.55. The molecule has 0 spiro atoms. The molecule has 2 rings (SSSR count). The number of rotatable bonds is 10. The van der Waals surface area contributed by atoms with Crippen LogP contribution in [0.1, 0.15) is 35.7 Å². The van der Waals surface area contributed by atoms with E-state index in [-0.39, 0.29) is 24.7 Å². The molecule has 0 bridgehead atoms. The van der Waals surface area contributed by atoms with Gasteiger partial charge in [-0.05, 0) is 12.0 Å². The molecule has 5 nitrogen and oxygen atoms in total. The van der Waals surface area contributed by atoms with Gasteiger partial charge < -0.3 is 19.3 Å². The van der Waals surface area contributed by atoms with Gasteiger partial charge in [0.15, 0.2) is 11.6 Å². The third-order valence-corrected chi connectivity index (χ3v) is 3.56. The van der Waals surface area contributed by atoms with E-state index >= 15 is 0 Å². The van der Waals surface area contributed by atoms with E-state index in [1.807, 2.05) is 6.92 Å². The molecule has 146 valence electrons. The van der Waals surface area contributed by atoms with Gasteiger partial charge in [0.25, 0.3) is 0 Å². The molecular weight excluding hydrogens is 365 g/mol. The molecule has 0 saturated heterocycles. The van der Waals surface area contributed by atoms with Crippen molar-refractivity contribution in [2.75, 3.05) is 6.61 Å². The highest BCUT2D eigenvalue weighted by atomic mass is 19.3. The summed E-state index contributed by atoms with van der Waals surface area (Å²) in [5.74, 6) is -4.65. The number of alkyl halides is 2. The Morgan fingerprint density at radius 2 is 1.85 bits per heavy atom. The lowest BCUT2D eigenvalue weighted by Gasteiger charge is -2.18. The first-order valence-electron chi connectivity index (χ1n) is 8.28. The summed E-state index contributed by atoms with van der Waals surface area (Å²) in [4.78, 5) is 11.3. The number of hydrogen-bond donors (Lipinski definition) is 1. The molecule has 0 atom stereocenters. The van der Waals surface area contributed by atoms with Gasteiger partial charge in [0.2, 0.25) is 11.5 Å². The third-order valence-electron chi connectivity index (χ3n) is 3.56. The zero-order valence-corrected chi connectivity index (χ0v) is 14.6. The standard InChI is InChI=1S/C19H19F3O5/c1-2-3-9-25-16-14(26-11-12-7-5-4-6-8-12)10-13(18(23)24)15(20)17(16)27-19(21)22/h4-8,10,19H,2-3,9,11H2,1H3,(H,23,24). The second-order valence-corrected chi connectivity index (χ2v) is 5.55. The van der Waals surface area contributed by atoms with Crippen molar-refractivity contribution >= 4 is 5.97 Å². The predicted octanol–water partition coefficient (Wildman–Crippen LogP) is 4.88. The Morgan fingerprint density at radius 3 is 2.44 bits per heavy atom. The summed E-state index contributed by atoms with van der Waals surface area (Å²) in [6.07, 6.45) is 1.33. The normalized spacial score (nSPS) is 10.7. The van der Waals surface area contributed by atoms with E-state index in [0.717, 1.165) is 18.1 Å². The van der Waals surface area contributed by atoms with Crippen molar-refractivity contribution in [1.82, 2.24) is 0 Å². The summed E-state index contributed by atoms with van der Waals surface area (Å²) in [7, 11) is 0. The Labute approximate surface area is 154 Å². The van der Waals surface area contributed by atoms with E-state index < -0.39 is 29.7 Å². The van der Waals surface area contributed by atoms with E-state index in [1.54, 1.807) is 30.3 Å². The Kier molecular flexibility index (Phi) is 7.34. The molecule has 0 aliphatic rings. The average molecular weight is 384 g/mol. The lowest BCUT2D eigenvalue weighted by molar-refractivity contribution is -0.0542. The minimum atomic E-state index is -3.36. The number of carboxylic acids is 1. The fourth-order valence-electron chi connectivity index (χ4n) is 2.24. The number of unbranched alkanes of at least 4 members (excludes halogenated alkanes) is 1. The molecule has 0 aliphatic heterocycles. The van der Waals surface area contributed by atoms with Crippen molar-refractivity contribution in [3.63, 3.8) is 0 Å². The van der Waals surface area contributed by atoms with Crippen molar-refractivity contribution in [2.24, 2.45) is 0 Å². The Morgan fingerprint density at radius 1 is 1.15 bits per heavy atom. The van der Waals surface area contributed by atoms with Gasteiger partial charge in [-0.15, -0.1) is 0 Å². The fourth-order valence-corrected chi connectivity index (χ4v) is 2.24. The van der Waals surface area contributed by atoms with E-state index in [2.05, 4.69) is 4.74 Å². The maximum absolute atomic E-state index is 14.4. The van der Waals surface area contributed by atoms with Crippen LogP contribution in [-0.2, 0) is 6.61 Å². The Hall–Kier alpha value is -2.90. The van der Waals surface area contributed by atoms with Crippen LogP contribution in [0.4, 0.5) is 13.2 Å². The Balaban J connectivity index is 2.45. The topological polar surface area (TPSA) is 65.0 Å². The van der Waals surface area contributed by atoms with Crippen LogP contribution < -0.4 is 14.2 Å². The van der Waals surface area contributed by atoms with Crippen LogP contribution in [0.5, 0.6) is 17.2 Å². The van der Waals surface area contributed by atoms with Crippen LogP contribution in [-0.4, -0.2) is 24.3 Å². The van der Waals surface area contributed by atoms with Gasteiger partial charge in [-0.3, -0.25) is 0 Å². The zero-order chi connectivity index (χ0) is 19.8. The number of carbonyl (C=O) groups is 1. The van der Waals surface area contributed by atoms with Gasteiger partial charge in [-0.2, -0.15) is 8.78 Å². The molecule has 0 unspecified atom stereocenters. The average Bonchev–Trinajstić information content (AvgIpc) is 2.64. The molecular formula is C19H19F3O5. The summed E-state index contributed by atoms with van der Waals surface area (Å²) >= 11 is 0. The van der Waals surface area contributed by atoms with E-state index in [0.29, 0.717) is 6.42 Å². The molecule has 0 amide bonds. The zero-order valence-electron chi connectivity index (χ0n) is 14.6. The second kappa shape index (κ2) is 9.70. The SMILES string of the molecule is CCCCOc1c(OCc2ccccc2)cc(C(=O)O)c(F)c1OC(F)F. The first-order valence-corrected chi connectivity index (χ1v) is 8.28. The first-order chi connectivity index (χ1) is 12.9. The molecule has 2 aromatic carbocycles.